The molecule has 11 N–H and O–H groups in total. The molecule has 0 fully saturated rings. The zero-order valence-corrected chi connectivity index (χ0v) is 31.0. The molecule has 0 bridgehead atoms. The van der Waals surface area contributed by atoms with Gasteiger partial charge >= 0.3 is 30.0 Å². The summed E-state index contributed by atoms with van der Waals surface area (Å²) in [6, 6.07) is 14.5. The lowest BCUT2D eigenvalue weighted by molar-refractivity contribution is -0.139. The van der Waals surface area contributed by atoms with Crippen LogP contribution in [0.3, 0.4) is 0 Å². The number of urea groups is 3. The van der Waals surface area contributed by atoms with Crippen molar-refractivity contribution in [3.8, 4) is 0 Å². The lowest BCUT2D eigenvalue weighted by atomic mass is 10.0. The average molecular weight is 798 g/mol. The first-order valence-electron chi connectivity index (χ1n) is 17.1. The van der Waals surface area contributed by atoms with Crippen LogP contribution in [0.4, 0.5) is 37.1 Å². The molecule has 0 aromatic heterocycles. The number of hydrogen-bond donors (Lipinski definition) is 11. The van der Waals surface area contributed by atoms with Crippen LogP contribution in [0.5, 0.6) is 0 Å². The fourth-order valence-corrected chi connectivity index (χ4v) is 5.78. The third-order valence-electron chi connectivity index (χ3n) is 7.31. The molecule has 20 nitrogen and oxygen atoms in total. The summed E-state index contributed by atoms with van der Waals surface area (Å²) in [5, 5.41) is 38.3. The van der Waals surface area contributed by atoms with Crippen LogP contribution < -0.4 is 47.3 Å². The van der Waals surface area contributed by atoms with Gasteiger partial charge in [0, 0.05) is 48.8 Å². The van der Waals surface area contributed by atoms with Crippen molar-refractivity contribution in [3.63, 3.8) is 0 Å². The predicted octanol–water partition coefficient (Wildman–Crippen LogP) is 2.58. The molecule has 3 rings (SSSR count). The molecule has 300 valence electrons. The van der Waals surface area contributed by atoms with Crippen LogP contribution in [-0.4, -0.2) is 86.7 Å². The van der Waals surface area contributed by atoms with E-state index in [0.717, 1.165) is 6.42 Å². The van der Waals surface area contributed by atoms with E-state index < -0.39 is 64.3 Å². The highest BCUT2D eigenvalue weighted by molar-refractivity contribution is 7.92. The van der Waals surface area contributed by atoms with Crippen LogP contribution in [-0.2, 0) is 29.2 Å². The van der Waals surface area contributed by atoms with Crippen LogP contribution in [0, 0.1) is 0 Å². The van der Waals surface area contributed by atoms with Crippen molar-refractivity contribution >= 4 is 74.6 Å². The summed E-state index contributed by atoms with van der Waals surface area (Å²) in [5.74, 6) is -3.48. The van der Waals surface area contributed by atoms with Gasteiger partial charge in [-0.1, -0.05) is 25.1 Å². The van der Waals surface area contributed by atoms with E-state index in [-0.39, 0.29) is 54.3 Å². The minimum atomic E-state index is -4.15. The van der Waals surface area contributed by atoms with E-state index in [4.69, 9.17) is 5.11 Å². The smallest absolute Gasteiger partial charge is 0.319 e. The number of sulfonamides is 1. The van der Waals surface area contributed by atoms with Crippen molar-refractivity contribution in [1.82, 2.24) is 26.6 Å². The average Bonchev–Trinajstić information content (AvgIpc) is 3.14. The van der Waals surface area contributed by atoms with E-state index >= 15 is 0 Å². The number of carbonyl (C=O) groups is 7. The summed E-state index contributed by atoms with van der Waals surface area (Å²) < 4.78 is 28.8. The monoisotopic (exact) mass is 797 g/mol. The number of anilines is 4. The maximum absolute atomic E-state index is 13.2. The molecule has 0 heterocycles. The number of amides is 8. The standard InChI is InChI=1S/C35H43N9O11S/c1-2-15-37-33(51)42-25-6-4-8-27(19-25)56(54,55)44-26-7-3-5-22(18-26)28(20-32(49)50)43-35(53)41-24-11-9-23(10-12-24)40-34(52)38-17-16-36-30(46)21-39-29(45)13-14-31(47)48/h3-12,18-19,28,44H,2,13-17,20-21H2,1H3,(H,36,46)(H,39,45)(H,47,48)(H,49,50)(H2,37,42,51)(H2,38,40,52)(H2,41,43,53)/t28-/m1/s1. The number of nitrogens with one attached hydrogen (secondary N) is 9. The van der Waals surface area contributed by atoms with Crippen LogP contribution in [0.1, 0.15) is 44.2 Å². The van der Waals surface area contributed by atoms with Crippen molar-refractivity contribution < 1.29 is 52.2 Å². The highest BCUT2D eigenvalue weighted by Crippen LogP contribution is 2.24. The third-order valence-corrected chi connectivity index (χ3v) is 8.69. The zero-order valence-electron chi connectivity index (χ0n) is 30.1. The van der Waals surface area contributed by atoms with Crippen molar-refractivity contribution in [1.29, 1.82) is 0 Å². The molecule has 0 aliphatic rings. The highest BCUT2D eigenvalue weighted by Gasteiger charge is 2.21. The summed E-state index contributed by atoms with van der Waals surface area (Å²) in [5.41, 5.74) is 1.27. The van der Waals surface area contributed by atoms with Gasteiger partial charge in [-0.25, -0.2) is 22.8 Å². The number of carboxylic acid groups (broad SMARTS) is 2. The Morgan fingerprint density at radius 2 is 1.20 bits per heavy atom. The van der Waals surface area contributed by atoms with Crippen LogP contribution in [0.15, 0.2) is 77.7 Å². The second-order valence-corrected chi connectivity index (χ2v) is 13.5. The molecule has 0 aliphatic carbocycles. The summed E-state index contributed by atoms with van der Waals surface area (Å²) in [6.45, 7) is 2.07. The zero-order chi connectivity index (χ0) is 41.1. The van der Waals surface area contributed by atoms with E-state index in [0.29, 0.717) is 17.9 Å². The summed E-state index contributed by atoms with van der Waals surface area (Å²) >= 11 is 0. The lowest BCUT2D eigenvalue weighted by Gasteiger charge is -2.19. The Kier molecular flexibility index (Phi) is 16.9. The molecule has 1 atom stereocenters. The van der Waals surface area contributed by atoms with E-state index in [1.54, 1.807) is 0 Å². The highest BCUT2D eigenvalue weighted by atomic mass is 32.2. The van der Waals surface area contributed by atoms with Crippen LogP contribution in [0.2, 0.25) is 0 Å². The van der Waals surface area contributed by atoms with Gasteiger partial charge in [0.1, 0.15) is 0 Å². The normalized spacial score (nSPS) is 11.2. The second kappa shape index (κ2) is 21.7. The predicted molar refractivity (Wildman–Crippen MR) is 205 cm³/mol. The largest absolute Gasteiger partial charge is 0.481 e. The molecule has 0 spiro atoms. The maximum atomic E-state index is 13.2. The topological polar surface area (TPSA) is 302 Å². The molecule has 21 heteroatoms. The molecule has 3 aromatic carbocycles. The van der Waals surface area contributed by atoms with Gasteiger partial charge in [-0.05, 0) is 66.6 Å². The van der Waals surface area contributed by atoms with E-state index in [1.807, 2.05) is 6.92 Å². The number of carboxylic acids is 2. The van der Waals surface area contributed by atoms with Gasteiger partial charge in [0.25, 0.3) is 10.0 Å². The summed E-state index contributed by atoms with van der Waals surface area (Å²) in [4.78, 5) is 82.5. The Labute approximate surface area is 321 Å². The number of benzene rings is 3. The fourth-order valence-electron chi connectivity index (χ4n) is 4.68. The maximum Gasteiger partial charge on any atom is 0.319 e. The number of rotatable bonds is 20. The van der Waals surface area contributed by atoms with E-state index in [9.17, 15) is 47.1 Å². The molecular weight excluding hydrogens is 755 g/mol. The van der Waals surface area contributed by atoms with Crippen molar-refractivity contribution in [3.05, 3.63) is 78.4 Å². The Hall–Kier alpha value is -6.90. The van der Waals surface area contributed by atoms with Gasteiger partial charge in [0.05, 0.1) is 30.3 Å². The molecule has 8 amide bonds. The Morgan fingerprint density at radius 1 is 0.607 bits per heavy atom. The van der Waals surface area contributed by atoms with Crippen LogP contribution >= 0.6 is 0 Å². The molecule has 0 saturated carbocycles. The van der Waals surface area contributed by atoms with Gasteiger partial charge in [0.15, 0.2) is 0 Å². The lowest BCUT2D eigenvalue weighted by Crippen LogP contribution is -2.41. The number of aliphatic carboxylic acids is 2. The Morgan fingerprint density at radius 3 is 1.84 bits per heavy atom. The minimum Gasteiger partial charge on any atom is -0.481 e. The van der Waals surface area contributed by atoms with Gasteiger partial charge in [-0.2, -0.15) is 0 Å². The molecule has 3 aromatic rings. The first-order valence-corrected chi connectivity index (χ1v) is 18.6. The molecular formula is C35H43N9O11S. The van der Waals surface area contributed by atoms with E-state index in [1.165, 1.54) is 72.8 Å². The first-order chi connectivity index (χ1) is 26.6. The third kappa shape index (κ3) is 16.0. The van der Waals surface area contributed by atoms with Crippen molar-refractivity contribution in [2.75, 3.05) is 46.9 Å². The van der Waals surface area contributed by atoms with Crippen molar-refractivity contribution in [2.24, 2.45) is 0 Å². The molecule has 0 saturated heterocycles. The van der Waals surface area contributed by atoms with Gasteiger partial charge < -0.3 is 52.7 Å². The first kappa shape index (κ1) is 43.5. The molecule has 0 aliphatic heterocycles. The van der Waals surface area contributed by atoms with Gasteiger partial charge in [0.2, 0.25) is 11.8 Å². The Bertz CT molecular complexity index is 1990. The molecule has 0 unspecified atom stereocenters. The quantitative estimate of drug-likeness (QED) is 0.0739. The SMILES string of the molecule is CCCNC(=O)Nc1cccc(S(=O)(=O)Nc2cccc([C@@H](CC(=O)O)NC(=O)Nc3ccc(NC(=O)NCCNC(=O)CNC(=O)CCC(=O)O)cc3)c2)c1. The molecule has 56 heavy (non-hydrogen) atoms. The minimum absolute atomic E-state index is 0.0444. The van der Waals surface area contributed by atoms with E-state index in [2.05, 4.69) is 47.3 Å². The van der Waals surface area contributed by atoms with Crippen LogP contribution in [0.25, 0.3) is 0 Å². The number of hydrogen-bond acceptors (Lipinski definition) is 9. The second-order valence-electron chi connectivity index (χ2n) is 11.9. The summed E-state index contributed by atoms with van der Waals surface area (Å²) in [7, 11) is -4.15. The van der Waals surface area contributed by atoms with Crippen molar-refractivity contribution in [2.45, 2.75) is 43.5 Å². The Balaban J connectivity index is 1.51. The molecule has 0 radical (unpaired) electrons. The summed E-state index contributed by atoms with van der Waals surface area (Å²) in [6.07, 6.45) is -0.431. The van der Waals surface area contributed by atoms with Gasteiger partial charge in [-0.15, -0.1) is 0 Å². The number of carbonyl (C=O) groups excluding carboxylic acids is 5. The fraction of sp³-hybridized carbons (Fsp3) is 0.286. The van der Waals surface area contributed by atoms with Gasteiger partial charge in [-0.3, -0.25) is 23.9 Å².